The van der Waals surface area contributed by atoms with Gasteiger partial charge in [-0.3, -0.25) is 19.5 Å². The highest BCUT2D eigenvalue weighted by Gasteiger charge is 2.47. The van der Waals surface area contributed by atoms with Gasteiger partial charge >= 0.3 is 0 Å². The standard InChI is InChI=1S/C25H21ClN2O4/c1-3-32-19-8-5-17(6-9-19)23(29)21-22(16-10-12-27-13-11-16)28(25(31)24(21)30)18-7-4-15(2)20(26)14-18/h4-14,22,29H,3H2,1-2H3/b23-21+. The van der Waals surface area contributed by atoms with Gasteiger partial charge in [-0.05, 0) is 73.5 Å². The number of aliphatic hydroxyl groups is 1. The number of hydrogen-bond donors (Lipinski definition) is 1. The third kappa shape index (κ3) is 3.85. The van der Waals surface area contributed by atoms with E-state index in [1.54, 1.807) is 67.0 Å². The van der Waals surface area contributed by atoms with Crippen LogP contribution in [0.2, 0.25) is 5.02 Å². The summed E-state index contributed by atoms with van der Waals surface area (Å²) in [7, 11) is 0. The molecular formula is C25H21ClN2O4. The number of carbonyl (C=O) groups is 2. The first-order chi connectivity index (χ1) is 15.4. The van der Waals surface area contributed by atoms with Gasteiger partial charge in [0.15, 0.2) is 0 Å². The van der Waals surface area contributed by atoms with Crippen LogP contribution in [-0.4, -0.2) is 28.4 Å². The summed E-state index contributed by atoms with van der Waals surface area (Å²) >= 11 is 6.30. The minimum atomic E-state index is -0.830. The summed E-state index contributed by atoms with van der Waals surface area (Å²) in [4.78, 5) is 31.6. The zero-order valence-corrected chi connectivity index (χ0v) is 18.3. The molecule has 162 valence electrons. The molecule has 1 aliphatic rings. The van der Waals surface area contributed by atoms with E-state index in [0.717, 1.165) is 5.56 Å². The third-order valence-corrected chi connectivity index (χ3v) is 5.75. The smallest absolute Gasteiger partial charge is 0.300 e. The highest BCUT2D eigenvalue weighted by Crippen LogP contribution is 2.42. The molecule has 0 spiro atoms. The van der Waals surface area contributed by atoms with E-state index in [9.17, 15) is 14.7 Å². The number of ketones is 1. The number of hydrogen-bond acceptors (Lipinski definition) is 5. The van der Waals surface area contributed by atoms with Crippen molar-refractivity contribution in [1.82, 2.24) is 4.98 Å². The molecule has 0 radical (unpaired) electrons. The van der Waals surface area contributed by atoms with Crippen LogP contribution < -0.4 is 9.64 Å². The van der Waals surface area contributed by atoms with Gasteiger partial charge in [0.05, 0.1) is 18.2 Å². The molecule has 2 aromatic carbocycles. The topological polar surface area (TPSA) is 79.7 Å². The number of halogens is 1. The van der Waals surface area contributed by atoms with Crippen LogP contribution in [0, 0.1) is 6.92 Å². The van der Waals surface area contributed by atoms with Crippen molar-refractivity contribution in [2.45, 2.75) is 19.9 Å². The molecule has 2 heterocycles. The number of Topliss-reactive ketones (excluding diaryl/α,β-unsaturated/α-hetero) is 1. The summed E-state index contributed by atoms with van der Waals surface area (Å²) in [6, 6.07) is 14.5. The molecule has 7 heteroatoms. The second-order valence-electron chi connectivity index (χ2n) is 7.34. The number of aliphatic hydroxyl groups excluding tert-OH is 1. The molecule has 0 saturated carbocycles. The molecule has 3 aromatic rings. The Morgan fingerprint density at radius 3 is 2.41 bits per heavy atom. The highest BCUT2D eigenvalue weighted by atomic mass is 35.5. The van der Waals surface area contributed by atoms with Gasteiger partial charge in [0, 0.05) is 28.7 Å². The first kappa shape index (κ1) is 21.6. The zero-order chi connectivity index (χ0) is 22.8. The minimum Gasteiger partial charge on any atom is -0.507 e. The summed E-state index contributed by atoms with van der Waals surface area (Å²) in [5.74, 6) is -1.12. The van der Waals surface area contributed by atoms with Gasteiger partial charge in [0.2, 0.25) is 0 Å². The van der Waals surface area contributed by atoms with E-state index in [4.69, 9.17) is 16.3 Å². The van der Waals surface area contributed by atoms with Crippen LogP contribution in [0.3, 0.4) is 0 Å². The van der Waals surface area contributed by atoms with Crippen molar-refractivity contribution in [2.24, 2.45) is 0 Å². The number of aryl methyl sites for hydroxylation is 1. The first-order valence-corrected chi connectivity index (χ1v) is 10.5. The number of nitrogens with zero attached hydrogens (tertiary/aromatic N) is 2. The van der Waals surface area contributed by atoms with Crippen LogP contribution in [0.4, 0.5) is 5.69 Å². The fourth-order valence-electron chi connectivity index (χ4n) is 3.72. The molecule has 1 aromatic heterocycles. The number of aromatic nitrogens is 1. The molecule has 1 fully saturated rings. The summed E-state index contributed by atoms with van der Waals surface area (Å²) < 4.78 is 5.44. The van der Waals surface area contributed by atoms with Crippen LogP contribution in [0.5, 0.6) is 5.75 Å². The lowest BCUT2D eigenvalue weighted by Crippen LogP contribution is -2.29. The molecule has 1 atom stereocenters. The Morgan fingerprint density at radius 2 is 1.78 bits per heavy atom. The number of carbonyl (C=O) groups excluding carboxylic acids is 2. The molecule has 32 heavy (non-hydrogen) atoms. The maximum Gasteiger partial charge on any atom is 0.300 e. The maximum absolute atomic E-state index is 13.1. The van der Waals surface area contributed by atoms with Crippen LogP contribution in [0.25, 0.3) is 5.76 Å². The molecule has 1 N–H and O–H groups in total. The van der Waals surface area contributed by atoms with Gasteiger partial charge < -0.3 is 9.84 Å². The lowest BCUT2D eigenvalue weighted by molar-refractivity contribution is -0.132. The second kappa shape index (κ2) is 8.85. The molecule has 1 saturated heterocycles. The van der Waals surface area contributed by atoms with Gasteiger partial charge in [-0.2, -0.15) is 0 Å². The van der Waals surface area contributed by atoms with Gasteiger partial charge in [-0.25, -0.2) is 0 Å². The minimum absolute atomic E-state index is 0.00190. The van der Waals surface area contributed by atoms with Crippen LogP contribution in [-0.2, 0) is 9.59 Å². The van der Waals surface area contributed by atoms with Gasteiger partial charge in [0.1, 0.15) is 11.5 Å². The van der Waals surface area contributed by atoms with E-state index in [2.05, 4.69) is 4.98 Å². The molecule has 1 amide bonds. The Hall–Kier alpha value is -3.64. The van der Waals surface area contributed by atoms with E-state index in [1.807, 2.05) is 13.8 Å². The van der Waals surface area contributed by atoms with Crippen molar-refractivity contribution in [3.63, 3.8) is 0 Å². The van der Waals surface area contributed by atoms with Crippen molar-refractivity contribution in [2.75, 3.05) is 11.5 Å². The summed E-state index contributed by atoms with van der Waals surface area (Å²) in [6.07, 6.45) is 3.16. The monoisotopic (exact) mass is 448 g/mol. The van der Waals surface area contributed by atoms with Gasteiger partial charge in [-0.1, -0.05) is 17.7 Å². The van der Waals surface area contributed by atoms with Crippen molar-refractivity contribution in [1.29, 1.82) is 0 Å². The summed E-state index contributed by atoms with van der Waals surface area (Å²) in [6.45, 7) is 4.24. The number of pyridine rings is 1. The van der Waals surface area contributed by atoms with Crippen molar-refractivity contribution in [3.05, 3.63) is 94.3 Å². The van der Waals surface area contributed by atoms with Crippen molar-refractivity contribution in [3.8, 4) is 5.75 Å². The van der Waals surface area contributed by atoms with E-state index in [0.29, 0.717) is 34.2 Å². The highest BCUT2D eigenvalue weighted by molar-refractivity contribution is 6.51. The Kier molecular flexibility index (Phi) is 5.97. The Bertz CT molecular complexity index is 1210. The number of anilines is 1. The maximum atomic E-state index is 13.1. The first-order valence-electron chi connectivity index (χ1n) is 10.1. The van der Waals surface area contributed by atoms with E-state index < -0.39 is 17.7 Å². The zero-order valence-electron chi connectivity index (χ0n) is 17.6. The predicted octanol–water partition coefficient (Wildman–Crippen LogP) is 5.07. The number of ether oxygens (including phenoxy) is 1. The van der Waals surface area contributed by atoms with E-state index in [1.165, 1.54) is 4.90 Å². The molecular weight excluding hydrogens is 428 g/mol. The molecule has 0 aliphatic carbocycles. The molecule has 4 rings (SSSR count). The average molecular weight is 449 g/mol. The number of amides is 1. The van der Waals surface area contributed by atoms with Gasteiger partial charge in [-0.15, -0.1) is 0 Å². The second-order valence-corrected chi connectivity index (χ2v) is 7.75. The van der Waals surface area contributed by atoms with Gasteiger partial charge in [0.25, 0.3) is 11.7 Å². The SMILES string of the molecule is CCOc1ccc(/C(O)=C2\C(=O)C(=O)N(c3ccc(C)c(Cl)c3)C2c2ccncc2)cc1. The third-order valence-electron chi connectivity index (χ3n) is 5.34. The Morgan fingerprint density at radius 1 is 1.09 bits per heavy atom. The number of benzene rings is 2. The molecule has 6 nitrogen and oxygen atoms in total. The van der Waals surface area contributed by atoms with E-state index in [-0.39, 0.29) is 11.3 Å². The fraction of sp³-hybridized carbons (Fsp3) is 0.160. The summed E-state index contributed by atoms with van der Waals surface area (Å²) in [5.41, 5.74) is 2.37. The normalized spacial score (nSPS) is 17.6. The lowest BCUT2D eigenvalue weighted by Gasteiger charge is -2.25. The van der Waals surface area contributed by atoms with Crippen LogP contribution in [0.15, 0.2) is 72.6 Å². The predicted molar refractivity (Wildman–Crippen MR) is 123 cm³/mol. The van der Waals surface area contributed by atoms with Crippen LogP contribution >= 0.6 is 11.6 Å². The average Bonchev–Trinajstić information content (AvgIpc) is 3.07. The fourth-order valence-corrected chi connectivity index (χ4v) is 3.90. The number of rotatable bonds is 5. The Balaban J connectivity index is 1.88. The Labute approximate surface area is 190 Å². The van der Waals surface area contributed by atoms with Crippen molar-refractivity contribution >= 4 is 34.7 Å². The molecule has 1 unspecified atom stereocenters. The van der Waals surface area contributed by atoms with Crippen LogP contribution in [0.1, 0.15) is 29.7 Å². The quantitative estimate of drug-likeness (QED) is 0.335. The molecule has 0 bridgehead atoms. The van der Waals surface area contributed by atoms with Crippen molar-refractivity contribution < 1.29 is 19.4 Å². The van der Waals surface area contributed by atoms with E-state index >= 15 is 0 Å². The molecule has 1 aliphatic heterocycles. The summed E-state index contributed by atoms with van der Waals surface area (Å²) in [5, 5.41) is 11.6. The lowest BCUT2D eigenvalue weighted by atomic mass is 9.95. The largest absolute Gasteiger partial charge is 0.507 e.